The zero-order valence-corrected chi connectivity index (χ0v) is 14.2. The van der Waals surface area contributed by atoms with Crippen molar-refractivity contribution in [2.24, 2.45) is 5.92 Å². The molecule has 0 bridgehead atoms. The summed E-state index contributed by atoms with van der Waals surface area (Å²) in [6.45, 7) is 9.11. The third-order valence-corrected chi connectivity index (χ3v) is 4.30. The number of piperidine rings is 1. The molecule has 0 aliphatic carbocycles. The quantitative estimate of drug-likeness (QED) is 0.847. The molecule has 4 heteroatoms. The Morgan fingerprint density at radius 2 is 2.18 bits per heavy atom. The summed E-state index contributed by atoms with van der Waals surface area (Å²) in [5.41, 5.74) is 0.909. The molecule has 1 aliphatic rings. The van der Waals surface area contributed by atoms with E-state index in [0.717, 1.165) is 30.8 Å². The minimum Gasteiger partial charge on any atom is -0.491 e. The molecule has 1 heterocycles. The minimum absolute atomic E-state index is 0.144. The van der Waals surface area contributed by atoms with Gasteiger partial charge >= 0.3 is 0 Å². The third-order valence-electron chi connectivity index (χ3n) is 4.30. The van der Waals surface area contributed by atoms with Crippen LogP contribution in [0.4, 0.5) is 0 Å². The number of benzene rings is 1. The molecule has 3 unspecified atom stereocenters. The van der Waals surface area contributed by atoms with Gasteiger partial charge in [-0.05, 0) is 57.5 Å². The summed E-state index contributed by atoms with van der Waals surface area (Å²) in [5, 5.41) is 14.0. The number of nitrogens with one attached hydrogen (secondary N) is 1. The zero-order chi connectivity index (χ0) is 16.1. The van der Waals surface area contributed by atoms with Crippen molar-refractivity contribution in [3.05, 3.63) is 29.8 Å². The van der Waals surface area contributed by atoms with Gasteiger partial charge in [-0.2, -0.15) is 0 Å². The molecular formula is C18H30N2O2. The largest absolute Gasteiger partial charge is 0.491 e. The number of hydrogen-bond acceptors (Lipinski definition) is 4. The number of likely N-dealkylation sites (tertiary alicyclic amines) is 1. The van der Waals surface area contributed by atoms with Gasteiger partial charge in [0.1, 0.15) is 5.75 Å². The normalized spacial score (nSPS) is 24.5. The molecule has 3 atom stereocenters. The van der Waals surface area contributed by atoms with Gasteiger partial charge in [-0.3, -0.25) is 0 Å². The standard InChI is InChI=1S/C18H30N2O2/c1-13(2)22-16-7-5-6-15(10-16)18(21)11-19-17-8-9-20(4)12-14(17)3/h5-7,10,13-14,17-19,21H,8-9,11-12H2,1-4H3. The first-order valence-corrected chi connectivity index (χ1v) is 8.32. The van der Waals surface area contributed by atoms with Crippen LogP contribution in [0, 0.1) is 5.92 Å². The van der Waals surface area contributed by atoms with E-state index >= 15 is 0 Å². The highest BCUT2D eigenvalue weighted by Crippen LogP contribution is 2.21. The molecule has 124 valence electrons. The van der Waals surface area contributed by atoms with Gasteiger partial charge in [0.25, 0.3) is 0 Å². The van der Waals surface area contributed by atoms with Crippen molar-refractivity contribution in [1.29, 1.82) is 0 Å². The molecular weight excluding hydrogens is 276 g/mol. The Morgan fingerprint density at radius 1 is 1.41 bits per heavy atom. The van der Waals surface area contributed by atoms with Crippen LogP contribution in [0.25, 0.3) is 0 Å². The fourth-order valence-corrected chi connectivity index (χ4v) is 3.11. The second-order valence-electron chi connectivity index (χ2n) is 6.80. The lowest BCUT2D eigenvalue weighted by Crippen LogP contribution is -2.47. The van der Waals surface area contributed by atoms with Crippen LogP contribution in [-0.2, 0) is 0 Å². The summed E-state index contributed by atoms with van der Waals surface area (Å²) >= 11 is 0. The topological polar surface area (TPSA) is 44.7 Å². The maximum atomic E-state index is 10.4. The van der Waals surface area contributed by atoms with Gasteiger partial charge in [-0.15, -0.1) is 0 Å². The first-order chi connectivity index (χ1) is 10.5. The smallest absolute Gasteiger partial charge is 0.120 e. The van der Waals surface area contributed by atoms with Gasteiger partial charge < -0.3 is 20.1 Å². The van der Waals surface area contributed by atoms with Crippen molar-refractivity contribution in [3.63, 3.8) is 0 Å². The number of ether oxygens (including phenoxy) is 1. The number of hydrogen-bond donors (Lipinski definition) is 2. The number of aliphatic hydroxyl groups is 1. The summed E-state index contributed by atoms with van der Waals surface area (Å²) < 4.78 is 5.69. The summed E-state index contributed by atoms with van der Waals surface area (Å²) in [6, 6.07) is 8.25. The van der Waals surface area contributed by atoms with Crippen LogP contribution in [0.3, 0.4) is 0 Å². The van der Waals surface area contributed by atoms with E-state index in [1.807, 2.05) is 38.1 Å². The molecule has 1 fully saturated rings. The van der Waals surface area contributed by atoms with Crippen LogP contribution in [-0.4, -0.2) is 48.8 Å². The molecule has 2 rings (SSSR count). The van der Waals surface area contributed by atoms with E-state index < -0.39 is 6.10 Å². The first kappa shape index (κ1) is 17.3. The predicted molar refractivity (Wildman–Crippen MR) is 90.2 cm³/mol. The molecule has 1 aromatic carbocycles. The Kier molecular flexibility index (Phi) is 6.24. The zero-order valence-electron chi connectivity index (χ0n) is 14.2. The van der Waals surface area contributed by atoms with Gasteiger partial charge in [-0.1, -0.05) is 19.1 Å². The molecule has 0 saturated carbocycles. The Bertz CT molecular complexity index is 464. The van der Waals surface area contributed by atoms with E-state index in [2.05, 4.69) is 24.2 Å². The van der Waals surface area contributed by atoms with E-state index in [1.54, 1.807) is 0 Å². The van der Waals surface area contributed by atoms with Crippen LogP contribution in [0.1, 0.15) is 38.9 Å². The van der Waals surface area contributed by atoms with Crippen molar-refractivity contribution < 1.29 is 9.84 Å². The molecule has 1 aromatic rings. The van der Waals surface area contributed by atoms with Gasteiger partial charge in [-0.25, -0.2) is 0 Å². The van der Waals surface area contributed by atoms with Crippen LogP contribution in [0.15, 0.2) is 24.3 Å². The molecule has 0 amide bonds. The molecule has 2 N–H and O–H groups in total. The summed E-state index contributed by atoms with van der Waals surface area (Å²) in [6.07, 6.45) is 0.786. The van der Waals surface area contributed by atoms with Crippen molar-refractivity contribution in [3.8, 4) is 5.75 Å². The molecule has 22 heavy (non-hydrogen) atoms. The number of nitrogens with zero attached hydrogens (tertiary/aromatic N) is 1. The van der Waals surface area contributed by atoms with Gasteiger partial charge in [0.15, 0.2) is 0 Å². The van der Waals surface area contributed by atoms with Crippen molar-refractivity contribution in [1.82, 2.24) is 10.2 Å². The maximum Gasteiger partial charge on any atom is 0.120 e. The van der Waals surface area contributed by atoms with E-state index in [-0.39, 0.29) is 6.10 Å². The van der Waals surface area contributed by atoms with Crippen LogP contribution < -0.4 is 10.1 Å². The number of aliphatic hydroxyl groups excluding tert-OH is 1. The highest BCUT2D eigenvalue weighted by Gasteiger charge is 2.24. The average Bonchev–Trinajstić information content (AvgIpc) is 2.45. The van der Waals surface area contributed by atoms with Gasteiger partial charge in [0.2, 0.25) is 0 Å². The van der Waals surface area contributed by atoms with Crippen LogP contribution >= 0.6 is 0 Å². The molecule has 0 spiro atoms. The van der Waals surface area contributed by atoms with E-state index in [1.165, 1.54) is 0 Å². The average molecular weight is 306 g/mol. The number of rotatable bonds is 6. The molecule has 0 aromatic heterocycles. The monoisotopic (exact) mass is 306 g/mol. The minimum atomic E-state index is -0.498. The van der Waals surface area contributed by atoms with E-state index in [9.17, 15) is 5.11 Å². The van der Waals surface area contributed by atoms with Crippen molar-refractivity contribution >= 4 is 0 Å². The Hall–Kier alpha value is -1.10. The van der Waals surface area contributed by atoms with Crippen molar-refractivity contribution in [2.75, 3.05) is 26.7 Å². The lowest BCUT2D eigenvalue weighted by atomic mass is 9.94. The molecule has 0 radical (unpaired) electrons. The van der Waals surface area contributed by atoms with E-state index in [4.69, 9.17) is 4.74 Å². The maximum absolute atomic E-state index is 10.4. The summed E-state index contributed by atoms with van der Waals surface area (Å²) in [5.74, 6) is 1.43. The van der Waals surface area contributed by atoms with E-state index in [0.29, 0.717) is 18.5 Å². The third kappa shape index (κ3) is 4.97. The fraction of sp³-hybridized carbons (Fsp3) is 0.667. The van der Waals surface area contributed by atoms with Crippen molar-refractivity contribution in [2.45, 2.75) is 45.4 Å². The van der Waals surface area contributed by atoms with Crippen LogP contribution in [0.2, 0.25) is 0 Å². The lowest BCUT2D eigenvalue weighted by Gasteiger charge is -2.35. The predicted octanol–water partition coefficient (Wildman–Crippen LogP) is 2.44. The Balaban J connectivity index is 1.88. The second kappa shape index (κ2) is 7.95. The summed E-state index contributed by atoms with van der Waals surface area (Å²) in [7, 11) is 2.17. The fourth-order valence-electron chi connectivity index (χ4n) is 3.11. The molecule has 1 saturated heterocycles. The lowest BCUT2D eigenvalue weighted by molar-refractivity contribution is 0.136. The van der Waals surface area contributed by atoms with Gasteiger partial charge in [0, 0.05) is 19.1 Å². The highest BCUT2D eigenvalue weighted by atomic mass is 16.5. The Labute approximate surface area is 134 Å². The molecule has 4 nitrogen and oxygen atoms in total. The Morgan fingerprint density at radius 3 is 2.86 bits per heavy atom. The first-order valence-electron chi connectivity index (χ1n) is 8.32. The van der Waals surface area contributed by atoms with Crippen LogP contribution in [0.5, 0.6) is 5.75 Å². The second-order valence-corrected chi connectivity index (χ2v) is 6.80. The van der Waals surface area contributed by atoms with Gasteiger partial charge in [0.05, 0.1) is 12.2 Å². The molecule has 1 aliphatic heterocycles. The SMILES string of the molecule is CC(C)Oc1cccc(C(O)CNC2CCN(C)CC2C)c1. The highest BCUT2D eigenvalue weighted by molar-refractivity contribution is 5.30. The summed E-state index contributed by atoms with van der Waals surface area (Å²) in [4.78, 5) is 2.37.